The largest absolute Gasteiger partial charge is 0.464 e. The van der Waals surface area contributed by atoms with Gasteiger partial charge in [-0.3, -0.25) is 4.79 Å². The van der Waals surface area contributed by atoms with Crippen molar-refractivity contribution in [3.63, 3.8) is 0 Å². The minimum absolute atomic E-state index is 0.169. The van der Waals surface area contributed by atoms with Crippen molar-refractivity contribution in [1.82, 2.24) is 4.90 Å². The predicted octanol–water partition coefficient (Wildman–Crippen LogP) is 3.79. The van der Waals surface area contributed by atoms with E-state index in [1.54, 1.807) is 0 Å². The Kier molecular flexibility index (Phi) is 6.02. The van der Waals surface area contributed by atoms with E-state index in [2.05, 4.69) is 0 Å². The van der Waals surface area contributed by atoms with Gasteiger partial charge in [-0.2, -0.15) is 13.2 Å². The van der Waals surface area contributed by atoms with Gasteiger partial charge in [-0.05, 0) is 31.4 Å². The van der Waals surface area contributed by atoms with E-state index in [0.717, 1.165) is 23.5 Å². The summed E-state index contributed by atoms with van der Waals surface area (Å²) in [5.41, 5.74) is -2.19. The fourth-order valence-electron chi connectivity index (χ4n) is 2.74. The van der Waals surface area contributed by atoms with Gasteiger partial charge in [0, 0.05) is 6.54 Å². The van der Waals surface area contributed by atoms with Crippen molar-refractivity contribution >= 4 is 11.9 Å². The van der Waals surface area contributed by atoms with Gasteiger partial charge in [-0.15, -0.1) is 0 Å². The third-order valence-corrected chi connectivity index (χ3v) is 4.06. The maximum Gasteiger partial charge on any atom is 0.419 e. The Hall–Kier alpha value is -2.12. The van der Waals surface area contributed by atoms with E-state index in [4.69, 9.17) is 4.74 Å². The lowest BCUT2D eigenvalue weighted by Crippen LogP contribution is -2.42. The zero-order valence-electron chi connectivity index (χ0n) is 13.7. The first-order valence-corrected chi connectivity index (χ1v) is 8.10. The summed E-state index contributed by atoms with van der Waals surface area (Å²) in [4.78, 5) is 25.7. The van der Waals surface area contributed by atoms with Gasteiger partial charge in [0.2, 0.25) is 0 Å². The zero-order chi connectivity index (χ0) is 18.6. The van der Waals surface area contributed by atoms with Gasteiger partial charge in [0.15, 0.2) is 0 Å². The molecule has 0 aromatic heterocycles. The lowest BCUT2D eigenvalue weighted by molar-refractivity contribution is -0.148. The van der Waals surface area contributed by atoms with Crippen molar-refractivity contribution in [2.24, 2.45) is 0 Å². The summed E-state index contributed by atoms with van der Waals surface area (Å²) in [5.74, 6) is -3.16. The van der Waals surface area contributed by atoms with E-state index in [9.17, 15) is 27.2 Å². The highest BCUT2D eigenvalue weighted by atomic mass is 19.4. The van der Waals surface area contributed by atoms with Crippen molar-refractivity contribution in [1.29, 1.82) is 0 Å². The van der Waals surface area contributed by atoms with Crippen LogP contribution in [0.2, 0.25) is 0 Å². The molecule has 1 aliphatic heterocycles. The molecule has 1 fully saturated rings. The van der Waals surface area contributed by atoms with Crippen LogP contribution in [0.25, 0.3) is 0 Å². The molecule has 0 bridgehead atoms. The molecule has 1 aliphatic rings. The van der Waals surface area contributed by atoms with Gasteiger partial charge >= 0.3 is 12.1 Å². The highest BCUT2D eigenvalue weighted by molar-refractivity contribution is 5.97. The SMILES string of the molecule is CCCCOC(=O)C1CCCN1C(=O)c1cccc(C(F)(F)F)c1F. The molecule has 0 radical (unpaired) electrons. The number of amides is 1. The molecule has 0 N–H and O–H groups in total. The van der Waals surface area contributed by atoms with Crippen molar-refractivity contribution in [3.8, 4) is 0 Å². The van der Waals surface area contributed by atoms with Gasteiger partial charge in [-0.1, -0.05) is 19.4 Å². The topological polar surface area (TPSA) is 46.6 Å². The van der Waals surface area contributed by atoms with Crippen molar-refractivity contribution in [3.05, 3.63) is 35.1 Å². The fourth-order valence-corrected chi connectivity index (χ4v) is 2.74. The summed E-state index contributed by atoms with van der Waals surface area (Å²) in [6.45, 7) is 2.31. The average Bonchev–Trinajstić information content (AvgIpc) is 3.03. The van der Waals surface area contributed by atoms with Gasteiger partial charge in [0.1, 0.15) is 11.9 Å². The van der Waals surface area contributed by atoms with Crippen LogP contribution in [0, 0.1) is 5.82 Å². The van der Waals surface area contributed by atoms with Crippen LogP contribution >= 0.6 is 0 Å². The van der Waals surface area contributed by atoms with Crippen molar-refractivity contribution in [2.45, 2.75) is 44.8 Å². The number of halogens is 4. The molecule has 0 aliphatic carbocycles. The molecule has 138 valence electrons. The van der Waals surface area contributed by atoms with Crippen LogP contribution in [0.3, 0.4) is 0 Å². The summed E-state index contributed by atoms with van der Waals surface area (Å²) in [5, 5.41) is 0. The maximum atomic E-state index is 14.2. The van der Waals surface area contributed by atoms with E-state index in [-0.39, 0.29) is 13.2 Å². The van der Waals surface area contributed by atoms with Crippen LogP contribution in [0.1, 0.15) is 48.5 Å². The molecule has 8 heteroatoms. The number of carbonyl (C=O) groups is 2. The maximum absolute atomic E-state index is 14.2. The third-order valence-electron chi connectivity index (χ3n) is 4.06. The number of carbonyl (C=O) groups excluding carboxylic acids is 2. The molecule has 0 saturated carbocycles. The monoisotopic (exact) mass is 361 g/mol. The minimum atomic E-state index is -4.90. The highest BCUT2D eigenvalue weighted by Crippen LogP contribution is 2.33. The molecule has 4 nitrogen and oxygen atoms in total. The smallest absolute Gasteiger partial charge is 0.419 e. The average molecular weight is 361 g/mol. The van der Waals surface area contributed by atoms with Gasteiger partial charge in [0.25, 0.3) is 5.91 Å². The van der Waals surface area contributed by atoms with E-state index >= 15 is 0 Å². The molecule has 0 spiro atoms. The summed E-state index contributed by atoms with van der Waals surface area (Å²) >= 11 is 0. The normalized spacial score (nSPS) is 17.6. The number of hydrogen-bond acceptors (Lipinski definition) is 3. The van der Waals surface area contributed by atoms with Crippen LogP contribution in [-0.4, -0.2) is 36.0 Å². The molecular formula is C17H19F4NO3. The number of ether oxygens (including phenoxy) is 1. The molecule has 1 unspecified atom stereocenters. The quantitative estimate of drug-likeness (QED) is 0.455. The number of unbranched alkanes of at least 4 members (excludes halogenated alkanes) is 1. The molecular weight excluding hydrogens is 342 g/mol. The van der Waals surface area contributed by atoms with E-state index in [1.807, 2.05) is 6.92 Å². The number of esters is 1. The van der Waals surface area contributed by atoms with E-state index < -0.39 is 41.0 Å². The number of benzene rings is 1. The minimum Gasteiger partial charge on any atom is -0.464 e. The van der Waals surface area contributed by atoms with E-state index in [0.29, 0.717) is 25.3 Å². The Morgan fingerprint density at radius 3 is 2.68 bits per heavy atom. The summed E-state index contributed by atoms with van der Waals surface area (Å²) in [7, 11) is 0. The molecule has 1 amide bonds. The second-order valence-corrected chi connectivity index (χ2v) is 5.84. The Morgan fingerprint density at radius 2 is 2.04 bits per heavy atom. The zero-order valence-corrected chi connectivity index (χ0v) is 13.7. The summed E-state index contributed by atoms with van der Waals surface area (Å²) in [6, 6.07) is 1.65. The molecule has 1 atom stereocenters. The lowest BCUT2D eigenvalue weighted by Gasteiger charge is -2.24. The van der Waals surface area contributed by atoms with Gasteiger partial charge in [0.05, 0.1) is 17.7 Å². The second kappa shape index (κ2) is 7.84. The fraction of sp³-hybridized carbons (Fsp3) is 0.529. The molecule has 1 aromatic carbocycles. The lowest BCUT2D eigenvalue weighted by atomic mass is 10.1. The van der Waals surface area contributed by atoms with Crippen LogP contribution in [0.4, 0.5) is 17.6 Å². The first-order chi connectivity index (χ1) is 11.8. The van der Waals surface area contributed by atoms with Crippen LogP contribution in [-0.2, 0) is 15.7 Å². The summed E-state index contributed by atoms with van der Waals surface area (Å²) < 4.78 is 57.7. The Bertz CT molecular complexity index is 645. The summed E-state index contributed by atoms with van der Waals surface area (Å²) in [6.07, 6.45) is -2.55. The number of hydrogen-bond donors (Lipinski definition) is 0. The molecule has 1 heterocycles. The second-order valence-electron chi connectivity index (χ2n) is 5.84. The van der Waals surface area contributed by atoms with Crippen LogP contribution in [0.5, 0.6) is 0 Å². The number of rotatable bonds is 5. The Morgan fingerprint density at radius 1 is 1.32 bits per heavy atom. The molecule has 2 rings (SSSR count). The molecule has 25 heavy (non-hydrogen) atoms. The Labute approximate surface area is 142 Å². The first kappa shape index (κ1) is 19.2. The van der Waals surface area contributed by atoms with Crippen LogP contribution < -0.4 is 0 Å². The third kappa shape index (κ3) is 4.29. The molecule has 1 saturated heterocycles. The first-order valence-electron chi connectivity index (χ1n) is 8.10. The molecule has 1 aromatic rings. The standard InChI is InChI=1S/C17H19F4NO3/c1-2-3-10-25-16(24)13-8-5-9-22(13)15(23)11-6-4-7-12(14(11)18)17(19,20)21/h4,6-7,13H,2-3,5,8-10H2,1H3. The van der Waals surface area contributed by atoms with Gasteiger partial charge in [-0.25, -0.2) is 9.18 Å². The predicted molar refractivity (Wildman–Crippen MR) is 81.3 cm³/mol. The van der Waals surface area contributed by atoms with E-state index in [1.165, 1.54) is 0 Å². The van der Waals surface area contributed by atoms with Crippen molar-refractivity contribution in [2.75, 3.05) is 13.2 Å². The van der Waals surface area contributed by atoms with Crippen molar-refractivity contribution < 1.29 is 31.9 Å². The number of alkyl halides is 3. The number of likely N-dealkylation sites (tertiary alicyclic amines) is 1. The van der Waals surface area contributed by atoms with Gasteiger partial charge < -0.3 is 9.64 Å². The number of nitrogens with zero attached hydrogens (tertiary/aromatic N) is 1. The highest BCUT2D eigenvalue weighted by Gasteiger charge is 2.39. The Balaban J connectivity index is 2.21. The van der Waals surface area contributed by atoms with Crippen LogP contribution in [0.15, 0.2) is 18.2 Å².